The van der Waals surface area contributed by atoms with Crippen LogP contribution in [0.3, 0.4) is 0 Å². The van der Waals surface area contributed by atoms with E-state index in [4.69, 9.17) is 0 Å². The van der Waals surface area contributed by atoms with Crippen LogP contribution in [0.15, 0.2) is 28.0 Å². The Bertz CT molecular complexity index is 255. The van der Waals surface area contributed by atoms with Crippen molar-refractivity contribution in [3.05, 3.63) is 23.8 Å². The van der Waals surface area contributed by atoms with Crippen LogP contribution in [0.4, 0.5) is 0 Å². The average molecular weight is 168 g/mol. The van der Waals surface area contributed by atoms with E-state index in [0.29, 0.717) is 0 Å². The van der Waals surface area contributed by atoms with Crippen LogP contribution in [0.25, 0.3) is 0 Å². The van der Waals surface area contributed by atoms with E-state index in [0.717, 1.165) is 4.90 Å². The second kappa shape index (κ2) is 2.51. The van der Waals surface area contributed by atoms with Crippen molar-refractivity contribution in [3.63, 3.8) is 0 Å². The van der Waals surface area contributed by atoms with Gasteiger partial charge in [0.2, 0.25) is 0 Å². The smallest absolute Gasteiger partial charge is 0.0115 e. The van der Waals surface area contributed by atoms with Gasteiger partial charge in [0.05, 0.1) is 0 Å². The van der Waals surface area contributed by atoms with E-state index >= 15 is 0 Å². The van der Waals surface area contributed by atoms with Gasteiger partial charge in [-0.25, -0.2) is 0 Å². The molecular formula is C8H8S2. The summed E-state index contributed by atoms with van der Waals surface area (Å²) < 4.78 is 0. The Morgan fingerprint density at radius 2 is 2.30 bits per heavy atom. The summed E-state index contributed by atoms with van der Waals surface area (Å²) in [6.45, 7) is 0. The molecule has 0 saturated heterocycles. The predicted molar refractivity (Wildman–Crippen MR) is 48.1 cm³/mol. The molecule has 1 aromatic rings. The van der Waals surface area contributed by atoms with Crippen molar-refractivity contribution < 1.29 is 0 Å². The van der Waals surface area contributed by atoms with Gasteiger partial charge in [-0.1, -0.05) is 6.07 Å². The van der Waals surface area contributed by atoms with Gasteiger partial charge < -0.3 is 0 Å². The van der Waals surface area contributed by atoms with Crippen LogP contribution in [-0.2, 0) is 6.42 Å². The number of thioether (sulfide) groups is 1. The number of thiol groups is 1. The lowest BCUT2D eigenvalue weighted by Gasteiger charge is -1.96. The Labute approximate surface area is 70.4 Å². The molecule has 0 N–H and O–H groups in total. The van der Waals surface area contributed by atoms with Crippen LogP contribution < -0.4 is 0 Å². The minimum Gasteiger partial charge on any atom is -0.143 e. The molecule has 2 heteroatoms. The van der Waals surface area contributed by atoms with Gasteiger partial charge in [0.15, 0.2) is 0 Å². The van der Waals surface area contributed by atoms with Crippen LogP contribution in [0.1, 0.15) is 5.56 Å². The fourth-order valence-electron chi connectivity index (χ4n) is 1.16. The molecule has 0 saturated carbocycles. The molecular weight excluding hydrogens is 160 g/mol. The summed E-state index contributed by atoms with van der Waals surface area (Å²) in [5.74, 6) is 1.24. The fourth-order valence-corrected chi connectivity index (χ4v) is 2.55. The summed E-state index contributed by atoms with van der Waals surface area (Å²) in [7, 11) is 0. The van der Waals surface area contributed by atoms with E-state index in [-0.39, 0.29) is 0 Å². The minimum absolute atomic E-state index is 1.08. The third-order valence-corrected chi connectivity index (χ3v) is 3.06. The molecule has 0 spiro atoms. The van der Waals surface area contributed by atoms with Crippen LogP contribution in [0.2, 0.25) is 0 Å². The van der Waals surface area contributed by atoms with Crippen LogP contribution in [0, 0.1) is 0 Å². The van der Waals surface area contributed by atoms with E-state index in [2.05, 4.69) is 30.8 Å². The van der Waals surface area contributed by atoms with E-state index in [1.165, 1.54) is 22.6 Å². The Morgan fingerprint density at radius 3 is 3.20 bits per heavy atom. The minimum atomic E-state index is 1.08. The summed E-state index contributed by atoms with van der Waals surface area (Å²) in [6, 6.07) is 6.39. The van der Waals surface area contributed by atoms with Crippen molar-refractivity contribution in [1.29, 1.82) is 0 Å². The molecule has 10 heavy (non-hydrogen) atoms. The molecule has 0 fully saturated rings. The Morgan fingerprint density at radius 1 is 1.40 bits per heavy atom. The molecule has 52 valence electrons. The third-order valence-electron chi connectivity index (χ3n) is 1.68. The molecule has 0 bridgehead atoms. The summed E-state index contributed by atoms with van der Waals surface area (Å²) in [6.07, 6.45) is 1.23. The molecule has 1 heterocycles. The highest BCUT2D eigenvalue weighted by molar-refractivity contribution is 7.99. The summed E-state index contributed by atoms with van der Waals surface area (Å²) >= 11 is 6.20. The maximum absolute atomic E-state index is 4.27. The van der Waals surface area contributed by atoms with E-state index in [9.17, 15) is 0 Å². The number of hydrogen-bond donors (Lipinski definition) is 1. The van der Waals surface area contributed by atoms with Gasteiger partial charge >= 0.3 is 0 Å². The van der Waals surface area contributed by atoms with Crippen molar-refractivity contribution in [2.45, 2.75) is 16.2 Å². The molecule has 1 aromatic carbocycles. The summed E-state index contributed by atoms with van der Waals surface area (Å²) in [4.78, 5) is 2.50. The van der Waals surface area contributed by atoms with Gasteiger partial charge in [-0.15, -0.1) is 24.4 Å². The zero-order valence-electron chi connectivity index (χ0n) is 5.50. The first-order valence-electron chi connectivity index (χ1n) is 3.31. The van der Waals surface area contributed by atoms with Crippen molar-refractivity contribution in [2.75, 3.05) is 5.75 Å². The van der Waals surface area contributed by atoms with E-state index in [1.54, 1.807) is 0 Å². The molecule has 0 amide bonds. The zero-order chi connectivity index (χ0) is 6.97. The van der Waals surface area contributed by atoms with Crippen molar-refractivity contribution >= 4 is 24.4 Å². The Kier molecular flexibility index (Phi) is 1.66. The number of aryl methyl sites for hydroxylation is 1. The van der Waals surface area contributed by atoms with E-state index in [1.807, 2.05) is 11.8 Å². The molecule has 0 atom stereocenters. The van der Waals surface area contributed by atoms with Gasteiger partial charge in [-0.05, 0) is 24.1 Å². The largest absolute Gasteiger partial charge is 0.143 e. The SMILES string of the molecule is Sc1ccc2c(c1)SCC2. The molecule has 0 radical (unpaired) electrons. The van der Waals surface area contributed by atoms with Crippen LogP contribution in [0.5, 0.6) is 0 Å². The maximum atomic E-state index is 4.27. The van der Waals surface area contributed by atoms with Crippen LogP contribution >= 0.6 is 24.4 Å². The second-order valence-corrected chi connectivity index (χ2v) is 4.04. The van der Waals surface area contributed by atoms with Gasteiger partial charge in [-0.2, -0.15) is 0 Å². The number of hydrogen-bond acceptors (Lipinski definition) is 2. The third kappa shape index (κ3) is 1.06. The maximum Gasteiger partial charge on any atom is 0.0115 e. The van der Waals surface area contributed by atoms with E-state index < -0.39 is 0 Å². The number of fused-ring (bicyclic) bond motifs is 1. The lowest BCUT2D eigenvalue weighted by molar-refractivity contribution is 1.13. The van der Waals surface area contributed by atoms with Crippen molar-refractivity contribution in [2.24, 2.45) is 0 Å². The average Bonchev–Trinajstić information content (AvgIpc) is 2.33. The highest BCUT2D eigenvalue weighted by Crippen LogP contribution is 2.32. The quantitative estimate of drug-likeness (QED) is 0.581. The summed E-state index contributed by atoms with van der Waals surface area (Å²) in [5, 5.41) is 0. The van der Waals surface area contributed by atoms with Crippen LogP contribution in [-0.4, -0.2) is 5.75 Å². The van der Waals surface area contributed by atoms with Gasteiger partial charge in [0, 0.05) is 15.5 Å². The molecule has 0 aromatic heterocycles. The topological polar surface area (TPSA) is 0 Å². The molecule has 0 unspecified atom stereocenters. The lowest BCUT2D eigenvalue weighted by atomic mass is 10.2. The van der Waals surface area contributed by atoms with Crippen molar-refractivity contribution in [1.82, 2.24) is 0 Å². The predicted octanol–water partition coefficient (Wildman–Crippen LogP) is 2.62. The highest BCUT2D eigenvalue weighted by Gasteiger charge is 2.09. The molecule has 0 aliphatic carbocycles. The first-order valence-corrected chi connectivity index (χ1v) is 4.74. The highest BCUT2D eigenvalue weighted by atomic mass is 32.2. The standard InChI is InChI=1S/C8H8S2/c9-7-2-1-6-3-4-10-8(6)5-7/h1-2,5,9H,3-4H2. The Balaban J connectivity index is 2.52. The molecule has 1 aliphatic rings. The normalized spacial score (nSPS) is 15.3. The second-order valence-electron chi connectivity index (χ2n) is 2.39. The fraction of sp³-hybridized carbons (Fsp3) is 0.250. The molecule has 1 aliphatic heterocycles. The van der Waals surface area contributed by atoms with Gasteiger partial charge in [0.25, 0.3) is 0 Å². The zero-order valence-corrected chi connectivity index (χ0v) is 7.21. The van der Waals surface area contributed by atoms with Gasteiger partial charge in [0.1, 0.15) is 0 Å². The lowest BCUT2D eigenvalue weighted by Crippen LogP contribution is -1.78. The first-order chi connectivity index (χ1) is 4.86. The summed E-state index contributed by atoms with van der Waals surface area (Å²) in [5.41, 5.74) is 1.49. The van der Waals surface area contributed by atoms with Gasteiger partial charge in [-0.3, -0.25) is 0 Å². The molecule has 2 rings (SSSR count). The Hall–Kier alpha value is -0.0800. The molecule has 0 nitrogen and oxygen atoms in total. The first kappa shape index (κ1) is 6.62. The monoisotopic (exact) mass is 168 g/mol. The van der Waals surface area contributed by atoms with Crippen molar-refractivity contribution in [3.8, 4) is 0 Å². The number of benzene rings is 1. The number of rotatable bonds is 0.